The molecule has 1 aromatic heterocycles. The van der Waals surface area contributed by atoms with E-state index in [-0.39, 0.29) is 22.6 Å². The third kappa shape index (κ3) is 4.28. The molecule has 0 bridgehead atoms. The molecule has 0 aliphatic heterocycles. The van der Waals surface area contributed by atoms with Gasteiger partial charge in [-0.05, 0) is 49.1 Å². The van der Waals surface area contributed by atoms with Gasteiger partial charge in [0.15, 0.2) is 0 Å². The zero-order valence-corrected chi connectivity index (χ0v) is 18.3. The first-order chi connectivity index (χ1) is 15.3. The van der Waals surface area contributed by atoms with Crippen molar-refractivity contribution < 1.29 is 22.4 Å². The average molecular weight is 452 g/mol. The number of hydrogen-bond donors (Lipinski definition) is 1. The van der Waals surface area contributed by atoms with Gasteiger partial charge in [0.2, 0.25) is 10.0 Å². The Morgan fingerprint density at radius 2 is 1.69 bits per heavy atom. The molecule has 0 saturated heterocycles. The number of sulfonamides is 1. The van der Waals surface area contributed by atoms with Gasteiger partial charge >= 0.3 is 11.6 Å². The number of nitrogens with one attached hydrogen (secondary N) is 1. The highest BCUT2D eigenvalue weighted by molar-refractivity contribution is 7.89. The van der Waals surface area contributed by atoms with Crippen molar-refractivity contribution in [2.24, 2.45) is 0 Å². The maximum absolute atomic E-state index is 12.7. The van der Waals surface area contributed by atoms with E-state index in [0.29, 0.717) is 10.8 Å². The Morgan fingerprint density at radius 3 is 2.38 bits per heavy atom. The molecule has 164 valence electrons. The van der Waals surface area contributed by atoms with Crippen molar-refractivity contribution in [3.05, 3.63) is 82.7 Å². The van der Waals surface area contributed by atoms with Gasteiger partial charge in [-0.15, -0.1) is 0 Å². The number of carbonyl (C=O) groups is 1. The van der Waals surface area contributed by atoms with Gasteiger partial charge in [-0.2, -0.15) is 4.72 Å². The van der Waals surface area contributed by atoms with Crippen molar-refractivity contribution in [2.45, 2.75) is 31.2 Å². The minimum atomic E-state index is -3.90. The summed E-state index contributed by atoms with van der Waals surface area (Å²) in [4.78, 5) is 25.0. The Balaban J connectivity index is 1.58. The summed E-state index contributed by atoms with van der Waals surface area (Å²) in [7, 11) is -3.90. The molecule has 32 heavy (non-hydrogen) atoms. The molecule has 0 fully saturated rings. The van der Waals surface area contributed by atoms with Gasteiger partial charge < -0.3 is 9.15 Å². The number of esters is 1. The fraction of sp³-hybridized carbons (Fsp3) is 0.167. The van der Waals surface area contributed by atoms with Crippen LogP contribution in [-0.2, 0) is 14.8 Å². The van der Waals surface area contributed by atoms with E-state index >= 15 is 0 Å². The van der Waals surface area contributed by atoms with Crippen molar-refractivity contribution >= 4 is 37.7 Å². The summed E-state index contributed by atoms with van der Waals surface area (Å²) in [5.74, 6) is -0.611. The number of aryl methyl sites for hydroxylation is 1. The molecule has 0 saturated carbocycles. The fourth-order valence-corrected chi connectivity index (χ4v) is 4.65. The van der Waals surface area contributed by atoms with Crippen LogP contribution in [-0.4, -0.2) is 20.4 Å². The number of carbonyl (C=O) groups excluding carboxylic acids is 1. The van der Waals surface area contributed by atoms with Crippen LogP contribution in [0.15, 0.2) is 80.8 Å². The van der Waals surface area contributed by atoms with Gasteiger partial charge in [0, 0.05) is 11.5 Å². The normalized spacial score (nSPS) is 12.7. The van der Waals surface area contributed by atoms with Crippen molar-refractivity contribution in [3.63, 3.8) is 0 Å². The highest BCUT2D eigenvalue weighted by atomic mass is 32.2. The Kier molecular flexibility index (Phi) is 5.82. The maximum Gasteiger partial charge on any atom is 0.344 e. The molecule has 1 N–H and O–H groups in total. The summed E-state index contributed by atoms with van der Waals surface area (Å²) in [5.41, 5.74) is 0.701. The molecule has 3 aromatic carbocycles. The van der Waals surface area contributed by atoms with E-state index in [0.717, 1.165) is 10.9 Å². The number of ether oxygens (including phenoxy) is 1. The lowest BCUT2D eigenvalue weighted by atomic mass is 10.1. The Hall–Kier alpha value is -3.49. The molecule has 1 atom stereocenters. The Labute approximate surface area is 184 Å². The van der Waals surface area contributed by atoms with Crippen molar-refractivity contribution in [1.82, 2.24) is 4.72 Å². The van der Waals surface area contributed by atoms with Gasteiger partial charge in [-0.1, -0.05) is 42.8 Å². The highest BCUT2D eigenvalue weighted by Gasteiger charge is 2.26. The van der Waals surface area contributed by atoms with Crippen LogP contribution in [0.5, 0.6) is 5.75 Å². The molecular formula is C24H21NO6S. The van der Waals surface area contributed by atoms with Crippen LogP contribution in [0, 0.1) is 6.92 Å². The van der Waals surface area contributed by atoms with Gasteiger partial charge in [0.25, 0.3) is 0 Å². The number of fused-ring (bicyclic) bond motifs is 3. The first-order valence-electron chi connectivity index (χ1n) is 10.0. The highest BCUT2D eigenvalue weighted by Crippen LogP contribution is 2.26. The summed E-state index contributed by atoms with van der Waals surface area (Å²) in [5, 5.41) is 1.89. The van der Waals surface area contributed by atoms with E-state index in [2.05, 4.69) is 4.72 Å². The third-order valence-electron chi connectivity index (χ3n) is 5.13. The lowest BCUT2D eigenvalue weighted by molar-refractivity contribution is -0.136. The molecule has 1 heterocycles. The zero-order chi connectivity index (χ0) is 22.9. The lowest BCUT2D eigenvalue weighted by Gasteiger charge is -2.16. The molecule has 0 radical (unpaired) electrons. The Bertz CT molecular complexity index is 1470. The Morgan fingerprint density at radius 1 is 1.00 bits per heavy atom. The summed E-state index contributed by atoms with van der Waals surface area (Å²) in [6.07, 6.45) is 0.192. The van der Waals surface area contributed by atoms with Gasteiger partial charge in [0.05, 0.1) is 10.3 Å². The maximum atomic E-state index is 12.7. The molecule has 8 heteroatoms. The zero-order valence-electron chi connectivity index (χ0n) is 17.5. The number of benzene rings is 3. The second-order valence-electron chi connectivity index (χ2n) is 7.41. The van der Waals surface area contributed by atoms with E-state index in [1.165, 1.54) is 18.2 Å². The van der Waals surface area contributed by atoms with Crippen LogP contribution in [0.3, 0.4) is 0 Å². The monoisotopic (exact) mass is 451 g/mol. The van der Waals surface area contributed by atoms with Crippen molar-refractivity contribution in [2.75, 3.05) is 0 Å². The van der Waals surface area contributed by atoms with Crippen LogP contribution < -0.4 is 15.1 Å². The van der Waals surface area contributed by atoms with Crippen molar-refractivity contribution in [1.29, 1.82) is 0 Å². The number of rotatable bonds is 6. The van der Waals surface area contributed by atoms with Gasteiger partial charge in [-0.25, -0.2) is 18.0 Å². The molecule has 4 rings (SSSR count). The number of hydrogen-bond acceptors (Lipinski definition) is 6. The summed E-state index contributed by atoms with van der Waals surface area (Å²) >= 11 is 0. The molecule has 4 aromatic rings. The van der Waals surface area contributed by atoms with E-state index in [1.54, 1.807) is 43.3 Å². The molecular weight excluding hydrogens is 430 g/mol. The predicted octanol–water partition coefficient (Wildman–Crippen LogP) is 3.92. The lowest BCUT2D eigenvalue weighted by Crippen LogP contribution is -2.42. The fourth-order valence-electron chi connectivity index (χ4n) is 3.38. The molecule has 7 nitrogen and oxygen atoms in total. The van der Waals surface area contributed by atoms with Gasteiger partial charge in [-0.3, -0.25) is 0 Å². The van der Waals surface area contributed by atoms with E-state index in [9.17, 15) is 18.0 Å². The molecule has 0 spiro atoms. The van der Waals surface area contributed by atoms with E-state index < -0.39 is 27.7 Å². The van der Waals surface area contributed by atoms with Crippen LogP contribution in [0.4, 0.5) is 0 Å². The largest absolute Gasteiger partial charge is 0.425 e. The topological polar surface area (TPSA) is 103 Å². The summed E-state index contributed by atoms with van der Waals surface area (Å²) in [6, 6.07) is 17.0. The third-order valence-corrected chi connectivity index (χ3v) is 6.62. The standard InChI is InChI=1S/C24H21NO6S/c1-3-21(25-32(28,29)17-11-8-15(2)9-12-17)24(27)30-16-10-13-19-18-6-4-5-7-20(18)23(26)31-22(19)14-16/h4-14,21,25H,3H2,1-2H3/t21-/m1/s1. The van der Waals surface area contributed by atoms with Crippen molar-refractivity contribution in [3.8, 4) is 5.75 Å². The van der Waals surface area contributed by atoms with E-state index in [4.69, 9.17) is 9.15 Å². The second-order valence-corrected chi connectivity index (χ2v) is 9.12. The first-order valence-corrected chi connectivity index (χ1v) is 11.5. The second kappa shape index (κ2) is 8.57. The molecule has 0 amide bonds. The minimum Gasteiger partial charge on any atom is -0.425 e. The summed E-state index contributed by atoms with van der Waals surface area (Å²) < 4.78 is 38.4. The smallest absolute Gasteiger partial charge is 0.344 e. The predicted molar refractivity (Wildman–Crippen MR) is 121 cm³/mol. The average Bonchev–Trinajstić information content (AvgIpc) is 2.78. The molecule has 0 unspecified atom stereocenters. The first kappa shape index (κ1) is 21.7. The van der Waals surface area contributed by atoms with Crippen LogP contribution >= 0.6 is 0 Å². The minimum absolute atomic E-state index is 0.0636. The van der Waals surface area contributed by atoms with E-state index in [1.807, 2.05) is 19.1 Å². The van der Waals surface area contributed by atoms with Crippen LogP contribution in [0.2, 0.25) is 0 Å². The van der Waals surface area contributed by atoms with Crippen LogP contribution in [0.1, 0.15) is 18.9 Å². The quantitative estimate of drug-likeness (QED) is 0.206. The summed E-state index contributed by atoms with van der Waals surface area (Å²) in [6.45, 7) is 3.53. The molecule has 0 aliphatic rings. The molecule has 0 aliphatic carbocycles. The van der Waals surface area contributed by atoms with Gasteiger partial charge in [0.1, 0.15) is 17.4 Å². The van der Waals surface area contributed by atoms with Crippen LogP contribution in [0.25, 0.3) is 21.7 Å². The SMILES string of the molecule is CC[C@@H](NS(=O)(=O)c1ccc(C)cc1)C(=O)Oc1ccc2c(c1)oc(=O)c1ccccc12.